The third-order valence-corrected chi connectivity index (χ3v) is 5.04. The molecule has 28 heavy (non-hydrogen) atoms. The van der Waals surface area contributed by atoms with E-state index in [0.29, 0.717) is 11.5 Å². The number of tetrazole rings is 1. The maximum atomic E-state index is 13.4. The van der Waals surface area contributed by atoms with Crippen molar-refractivity contribution in [3.8, 4) is 11.4 Å². The second-order valence-corrected chi connectivity index (χ2v) is 7.00. The first-order valence-corrected chi connectivity index (χ1v) is 9.54. The lowest BCUT2D eigenvalue weighted by Crippen LogP contribution is -2.29. The van der Waals surface area contributed by atoms with Gasteiger partial charge in [0.1, 0.15) is 5.70 Å². The second-order valence-electron chi connectivity index (χ2n) is 6.03. The fraction of sp³-hybridized carbons (Fsp3) is 0.0476. The van der Waals surface area contributed by atoms with Crippen LogP contribution in [-0.2, 0) is 4.79 Å². The van der Waals surface area contributed by atoms with Crippen LogP contribution in [0.5, 0.6) is 0 Å². The number of carbonyl (C=O) groups is 1. The van der Waals surface area contributed by atoms with Gasteiger partial charge in [-0.05, 0) is 40.1 Å². The van der Waals surface area contributed by atoms with Gasteiger partial charge in [0.15, 0.2) is 5.82 Å². The van der Waals surface area contributed by atoms with E-state index in [1.807, 2.05) is 84.3 Å². The third-order valence-electron chi connectivity index (χ3n) is 4.22. The first-order chi connectivity index (χ1) is 13.7. The number of thiophene rings is 1. The molecule has 4 aromatic rings. The maximum Gasteiger partial charge on any atom is 0.276 e. The summed E-state index contributed by atoms with van der Waals surface area (Å²) in [7, 11) is 1.74. The molecule has 7 heteroatoms. The zero-order valence-electron chi connectivity index (χ0n) is 15.1. The van der Waals surface area contributed by atoms with Gasteiger partial charge in [-0.2, -0.15) is 4.68 Å². The molecule has 0 saturated heterocycles. The lowest BCUT2D eigenvalue weighted by atomic mass is 10.2. The summed E-state index contributed by atoms with van der Waals surface area (Å²) in [5, 5.41) is 14.0. The van der Waals surface area contributed by atoms with Crippen LogP contribution in [-0.4, -0.2) is 33.2 Å². The van der Waals surface area contributed by atoms with Crippen molar-refractivity contribution < 1.29 is 4.79 Å². The number of anilines is 1. The maximum absolute atomic E-state index is 13.4. The van der Waals surface area contributed by atoms with Crippen molar-refractivity contribution in [2.75, 3.05) is 11.9 Å². The average Bonchev–Trinajstić information content (AvgIpc) is 3.44. The van der Waals surface area contributed by atoms with Gasteiger partial charge in [0, 0.05) is 23.2 Å². The zero-order chi connectivity index (χ0) is 19.3. The summed E-state index contributed by atoms with van der Waals surface area (Å²) in [6.07, 6.45) is 1.81. The molecule has 0 aliphatic rings. The molecule has 0 bridgehead atoms. The fourth-order valence-corrected chi connectivity index (χ4v) is 3.43. The number of carbonyl (C=O) groups excluding carboxylic acids is 1. The minimum absolute atomic E-state index is 0.205. The summed E-state index contributed by atoms with van der Waals surface area (Å²) in [4.78, 5) is 15.9. The summed E-state index contributed by atoms with van der Waals surface area (Å²) < 4.78 is 1.50. The molecule has 0 fully saturated rings. The number of hydrogen-bond acceptors (Lipinski definition) is 5. The highest BCUT2D eigenvalue weighted by atomic mass is 32.1. The minimum Gasteiger partial charge on any atom is -0.310 e. The van der Waals surface area contributed by atoms with Crippen molar-refractivity contribution in [3.05, 3.63) is 83.1 Å². The fourth-order valence-electron chi connectivity index (χ4n) is 2.78. The first kappa shape index (κ1) is 17.8. The average molecular weight is 387 g/mol. The molecule has 2 aromatic carbocycles. The summed E-state index contributed by atoms with van der Waals surface area (Å²) >= 11 is 1.55. The van der Waals surface area contributed by atoms with Crippen molar-refractivity contribution in [2.45, 2.75) is 0 Å². The van der Waals surface area contributed by atoms with Crippen molar-refractivity contribution in [2.24, 2.45) is 0 Å². The number of amides is 1. The Morgan fingerprint density at radius 3 is 2.39 bits per heavy atom. The SMILES string of the molecule is CN(C(=O)/C(=C/c1cccs1)n1nnnc1-c1ccccc1)c1ccccc1. The van der Waals surface area contributed by atoms with Crippen molar-refractivity contribution in [3.63, 3.8) is 0 Å². The monoisotopic (exact) mass is 387 g/mol. The molecule has 0 aliphatic carbocycles. The van der Waals surface area contributed by atoms with Gasteiger partial charge in [0.25, 0.3) is 5.91 Å². The number of para-hydroxylation sites is 1. The normalized spacial score (nSPS) is 11.4. The highest BCUT2D eigenvalue weighted by Crippen LogP contribution is 2.24. The van der Waals surface area contributed by atoms with E-state index in [1.54, 1.807) is 23.3 Å². The first-order valence-electron chi connectivity index (χ1n) is 8.66. The topological polar surface area (TPSA) is 63.9 Å². The van der Waals surface area contributed by atoms with Crippen LogP contribution in [0.1, 0.15) is 4.88 Å². The standard InChI is InChI=1S/C21H17N5OS/c1-25(17-11-6-3-7-12-17)21(27)19(15-18-13-8-14-28-18)26-20(22-23-24-26)16-9-4-2-5-10-16/h2-15H,1H3/b19-15-. The lowest BCUT2D eigenvalue weighted by Gasteiger charge is -2.19. The van der Waals surface area contributed by atoms with Crippen LogP contribution in [0.25, 0.3) is 23.2 Å². The summed E-state index contributed by atoms with van der Waals surface area (Å²) in [5.74, 6) is 0.308. The molecule has 0 unspecified atom stereocenters. The lowest BCUT2D eigenvalue weighted by molar-refractivity contribution is -0.113. The molecule has 6 nitrogen and oxygen atoms in total. The van der Waals surface area contributed by atoms with E-state index < -0.39 is 0 Å². The Kier molecular flexibility index (Phi) is 5.07. The van der Waals surface area contributed by atoms with E-state index >= 15 is 0 Å². The number of rotatable bonds is 5. The predicted molar refractivity (Wildman–Crippen MR) is 112 cm³/mol. The summed E-state index contributed by atoms with van der Waals surface area (Å²) in [6, 6.07) is 23.0. The molecule has 2 heterocycles. The van der Waals surface area contributed by atoms with E-state index in [4.69, 9.17) is 0 Å². The largest absolute Gasteiger partial charge is 0.310 e. The molecular formula is C21H17N5OS. The van der Waals surface area contributed by atoms with Gasteiger partial charge >= 0.3 is 0 Å². The molecule has 0 spiro atoms. The summed E-state index contributed by atoms with van der Waals surface area (Å²) in [6.45, 7) is 0. The van der Waals surface area contributed by atoms with E-state index in [-0.39, 0.29) is 5.91 Å². The molecule has 0 radical (unpaired) electrons. The third kappa shape index (κ3) is 3.60. The number of nitrogens with zero attached hydrogens (tertiary/aromatic N) is 5. The second kappa shape index (κ2) is 7.98. The van der Waals surface area contributed by atoms with Crippen molar-refractivity contribution in [1.82, 2.24) is 20.2 Å². The van der Waals surface area contributed by atoms with Gasteiger partial charge < -0.3 is 4.90 Å². The van der Waals surface area contributed by atoms with Gasteiger partial charge in [-0.1, -0.05) is 54.6 Å². The van der Waals surface area contributed by atoms with Gasteiger partial charge in [0.2, 0.25) is 0 Å². The van der Waals surface area contributed by atoms with Crippen LogP contribution in [0.4, 0.5) is 5.69 Å². The van der Waals surface area contributed by atoms with Crippen LogP contribution in [0, 0.1) is 0 Å². The van der Waals surface area contributed by atoms with Gasteiger partial charge in [-0.15, -0.1) is 16.4 Å². The number of benzene rings is 2. The number of likely N-dealkylation sites (N-methyl/N-ethyl adjacent to an activating group) is 1. The smallest absolute Gasteiger partial charge is 0.276 e. The minimum atomic E-state index is -0.205. The Morgan fingerprint density at radius 2 is 1.71 bits per heavy atom. The number of aromatic nitrogens is 4. The van der Waals surface area contributed by atoms with Crippen LogP contribution in [0.3, 0.4) is 0 Å². The molecule has 4 rings (SSSR count). The molecule has 0 N–H and O–H groups in total. The molecule has 0 aliphatic heterocycles. The van der Waals surface area contributed by atoms with E-state index in [2.05, 4.69) is 15.5 Å². The van der Waals surface area contributed by atoms with Crippen LogP contribution >= 0.6 is 11.3 Å². The predicted octanol–water partition coefficient (Wildman–Crippen LogP) is 4.06. The van der Waals surface area contributed by atoms with E-state index in [9.17, 15) is 4.79 Å². The van der Waals surface area contributed by atoms with Crippen LogP contribution in [0.2, 0.25) is 0 Å². The van der Waals surface area contributed by atoms with E-state index in [0.717, 1.165) is 16.1 Å². The zero-order valence-corrected chi connectivity index (χ0v) is 16.0. The quantitative estimate of drug-likeness (QED) is 0.485. The molecule has 1 amide bonds. The van der Waals surface area contributed by atoms with Crippen molar-refractivity contribution in [1.29, 1.82) is 0 Å². The summed E-state index contributed by atoms with van der Waals surface area (Å²) in [5.41, 5.74) is 2.00. The highest BCUT2D eigenvalue weighted by Gasteiger charge is 2.23. The molecule has 2 aromatic heterocycles. The van der Waals surface area contributed by atoms with E-state index in [1.165, 1.54) is 4.68 Å². The van der Waals surface area contributed by atoms with Crippen LogP contribution < -0.4 is 4.90 Å². The molecule has 138 valence electrons. The Labute approximate surface area is 166 Å². The number of hydrogen-bond donors (Lipinski definition) is 0. The molecule has 0 saturated carbocycles. The molecule has 0 atom stereocenters. The van der Waals surface area contributed by atoms with Gasteiger partial charge in [0.05, 0.1) is 0 Å². The Bertz CT molecular complexity index is 1090. The van der Waals surface area contributed by atoms with Gasteiger partial charge in [-0.25, -0.2) is 0 Å². The Hall–Kier alpha value is -3.58. The Morgan fingerprint density at radius 1 is 1.00 bits per heavy atom. The Balaban J connectivity index is 1.80. The van der Waals surface area contributed by atoms with Crippen LogP contribution in [0.15, 0.2) is 78.2 Å². The van der Waals surface area contributed by atoms with Crippen molar-refractivity contribution >= 4 is 34.7 Å². The van der Waals surface area contributed by atoms with Gasteiger partial charge in [-0.3, -0.25) is 4.79 Å². The molecular weight excluding hydrogens is 370 g/mol. The highest BCUT2D eigenvalue weighted by molar-refractivity contribution is 7.10.